The quantitative estimate of drug-likeness (QED) is 0.869. The second-order valence-electron chi connectivity index (χ2n) is 4.49. The van der Waals surface area contributed by atoms with Gasteiger partial charge < -0.3 is 10.0 Å². The fraction of sp³-hybridized carbons (Fsp3) is 0.385. The number of halogens is 2. The molecule has 0 aliphatic carbocycles. The number of carbonyl (C=O) groups excluding carboxylic acids is 1. The Balaban J connectivity index is 1.96. The third kappa shape index (κ3) is 3.19. The normalized spacial score (nSPS) is 18.9. The summed E-state index contributed by atoms with van der Waals surface area (Å²) in [7, 11) is 0. The van der Waals surface area contributed by atoms with Crippen LogP contribution < -0.4 is 0 Å². The van der Waals surface area contributed by atoms with Gasteiger partial charge in [-0.3, -0.25) is 9.59 Å². The predicted molar refractivity (Wildman–Crippen MR) is 72.5 cm³/mol. The number of carbonyl (C=O) groups is 2. The van der Waals surface area contributed by atoms with E-state index in [0.717, 1.165) is 5.56 Å². The fourth-order valence-electron chi connectivity index (χ4n) is 2.17. The van der Waals surface area contributed by atoms with Crippen LogP contribution in [0.3, 0.4) is 0 Å². The molecule has 1 atom stereocenters. The van der Waals surface area contributed by atoms with Crippen molar-refractivity contribution in [2.45, 2.75) is 12.8 Å². The van der Waals surface area contributed by atoms with Crippen LogP contribution >= 0.6 is 23.2 Å². The first-order valence-electron chi connectivity index (χ1n) is 5.94. The van der Waals surface area contributed by atoms with E-state index < -0.39 is 11.9 Å². The minimum absolute atomic E-state index is 0.308. The molecule has 0 saturated carbocycles. The van der Waals surface area contributed by atoms with Gasteiger partial charge in [-0.2, -0.15) is 0 Å². The second-order valence-corrected chi connectivity index (χ2v) is 5.33. The van der Waals surface area contributed by atoms with E-state index in [1.807, 2.05) is 6.07 Å². The van der Waals surface area contributed by atoms with E-state index in [1.54, 1.807) is 17.0 Å². The number of hydrogen-bond acceptors (Lipinski definition) is 2. The van der Waals surface area contributed by atoms with E-state index >= 15 is 0 Å². The van der Waals surface area contributed by atoms with Gasteiger partial charge in [0.15, 0.2) is 0 Å². The summed E-state index contributed by atoms with van der Waals surface area (Å²) in [5, 5.41) is 10.0. The van der Waals surface area contributed by atoms with Gasteiger partial charge in [-0.05, 0) is 30.5 Å². The molecule has 1 fully saturated rings. The Hall–Kier alpha value is -1.26. The van der Waals surface area contributed by atoms with Crippen molar-refractivity contribution in [3.8, 4) is 0 Å². The van der Waals surface area contributed by atoms with Gasteiger partial charge >= 0.3 is 5.97 Å². The molecule has 19 heavy (non-hydrogen) atoms. The second kappa shape index (κ2) is 5.80. The standard InChI is InChI=1S/C13H13Cl2NO3/c14-9-2-1-8(11(15)7-9)3-5-16-6-4-10(12(16)17)13(18)19/h1-2,7,10H,3-6H2,(H,18,19). The van der Waals surface area contributed by atoms with Crippen LogP contribution in [-0.2, 0) is 16.0 Å². The Morgan fingerprint density at radius 3 is 2.74 bits per heavy atom. The maximum absolute atomic E-state index is 11.8. The molecular weight excluding hydrogens is 289 g/mol. The number of benzene rings is 1. The highest BCUT2D eigenvalue weighted by molar-refractivity contribution is 6.35. The van der Waals surface area contributed by atoms with Gasteiger partial charge in [0.25, 0.3) is 0 Å². The third-order valence-corrected chi connectivity index (χ3v) is 3.85. The Kier molecular flexibility index (Phi) is 4.32. The van der Waals surface area contributed by atoms with Crippen molar-refractivity contribution in [3.05, 3.63) is 33.8 Å². The fourth-order valence-corrected chi connectivity index (χ4v) is 2.67. The van der Waals surface area contributed by atoms with Crippen LogP contribution in [0, 0.1) is 5.92 Å². The summed E-state index contributed by atoms with van der Waals surface area (Å²) in [4.78, 5) is 24.2. The Labute approximate surface area is 120 Å². The number of hydrogen-bond donors (Lipinski definition) is 1. The van der Waals surface area contributed by atoms with Crippen molar-refractivity contribution in [3.63, 3.8) is 0 Å². The van der Waals surface area contributed by atoms with Gasteiger partial charge in [-0.25, -0.2) is 0 Å². The topological polar surface area (TPSA) is 57.6 Å². The zero-order valence-electron chi connectivity index (χ0n) is 10.1. The molecule has 1 unspecified atom stereocenters. The maximum Gasteiger partial charge on any atom is 0.316 e. The van der Waals surface area contributed by atoms with E-state index in [0.29, 0.717) is 36.0 Å². The predicted octanol–water partition coefficient (Wildman–Crippen LogP) is 2.47. The molecule has 6 heteroatoms. The van der Waals surface area contributed by atoms with Crippen molar-refractivity contribution in [2.24, 2.45) is 5.92 Å². The highest BCUT2D eigenvalue weighted by Gasteiger charge is 2.36. The van der Waals surface area contributed by atoms with Gasteiger partial charge in [0.2, 0.25) is 5.91 Å². The SMILES string of the molecule is O=C(O)C1CCN(CCc2ccc(Cl)cc2Cl)C1=O. The van der Waals surface area contributed by atoms with Crippen molar-refractivity contribution >= 4 is 35.1 Å². The maximum atomic E-state index is 11.8. The molecule has 1 heterocycles. The third-order valence-electron chi connectivity index (χ3n) is 3.26. The highest BCUT2D eigenvalue weighted by atomic mass is 35.5. The number of carboxylic acids is 1. The minimum Gasteiger partial charge on any atom is -0.481 e. The van der Waals surface area contributed by atoms with Crippen LogP contribution in [0.25, 0.3) is 0 Å². The van der Waals surface area contributed by atoms with Crippen molar-refractivity contribution in [1.29, 1.82) is 0 Å². The molecule has 1 aliphatic rings. The van der Waals surface area contributed by atoms with E-state index in [9.17, 15) is 9.59 Å². The number of nitrogens with zero attached hydrogens (tertiary/aromatic N) is 1. The van der Waals surface area contributed by atoms with Crippen molar-refractivity contribution in [1.82, 2.24) is 4.90 Å². The highest BCUT2D eigenvalue weighted by Crippen LogP contribution is 2.23. The van der Waals surface area contributed by atoms with Crippen LogP contribution in [0.15, 0.2) is 18.2 Å². The number of aliphatic carboxylic acids is 1. The molecule has 1 aliphatic heterocycles. The molecule has 102 valence electrons. The molecule has 1 N–H and O–H groups in total. The average molecular weight is 302 g/mol. The number of amides is 1. The summed E-state index contributed by atoms with van der Waals surface area (Å²) in [5.74, 6) is -2.24. The lowest BCUT2D eigenvalue weighted by atomic mass is 10.1. The lowest BCUT2D eigenvalue weighted by Crippen LogP contribution is -2.31. The molecule has 1 amide bonds. The lowest BCUT2D eigenvalue weighted by molar-refractivity contribution is -0.147. The van der Waals surface area contributed by atoms with E-state index in [-0.39, 0.29) is 5.91 Å². The molecule has 1 saturated heterocycles. The average Bonchev–Trinajstić information content (AvgIpc) is 2.70. The number of likely N-dealkylation sites (tertiary alicyclic amines) is 1. The summed E-state index contributed by atoms with van der Waals surface area (Å²) >= 11 is 11.9. The molecule has 1 aromatic carbocycles. The van der Waals surface area contributed by atoms with E-state index in [2.05, 4.69) is 0 Å². The van der Waals surface area contributed by atoms with Crippen LogP contribution in [0.2, 0.25) is 10.0 Å². The smallest absolute Gasteiger partial charge is 0.316 e. The number of rotatable bonds is 4. The molecule has 0 bridgehead atoms. The molecule has 1 aromatic rings. The molecule has 0 aromatic heterocycles. The zero-order valence-corrected chi connectivity index (χ0v) is 11.6. The zero-order chi connectivity index (χ0) is 14.0. The van der Waals surface area contributed by atoms with Crippen LogP contribution in [0.5, 0.6) is 0 Å². The first-order chi connectivity index (χ1) is 8.99. The summed E-state index contributed by atoms with van der Waals surface area (Å²) in [6.45, 7) is 0.963. The monoisotopic (exact) mass is 301 g/mol. The van der Waals surface area contributed by atoms with E-state index in [4.69, 9.17) is 28.3 Å². The van der Waals surface area contributed by atoms with Gasteiger partial charge in [-0.1, -0.05) is 29.3 Å². The van der Waals surface area contributed by atoms with Gasteiger partial charge in [-0.15, -0.1) is 0 Å². The molecular formula is C13H13Cl2NO3. The van der Waals surface area contributed by atoms with Crippen molar-refractivity contribution in [2.75, 3.05) is 13.1 Å². The van der Waals surface area contributed by atoms with Gasteiger partial charge in [0, 0.05) is 23.1 Å². The van der Waals surface area contributed by atoms with Crippen LogP contribution in [0.1, 0.15) is 12.0 Å². The first-order valence-corrected chi connectivity index (χ1v) is 6.70. The largest absolute Gasteiger partial charge is 0.481 e. The summed E-state index contributed by atoms with van der Waals surface area (Å²) < 4.78 is 0. The Morgan fingerprint density at radius 1 is 1.42 bits per heavy atom. The van der Waals surface area contributed by atoms with Crippen LogP contribution in [0.4, 0.5) is 0 Å². The molecule has 4 nitrogen and oxygen atoms in total. The molecule has 2 rings (SSSR count). The first kappa shape index (κ1) is 14.2. The minimum atomic E-state index is -1.04. The van der Waals surface area contributed by atoms with Gasteiger partial charge in [0.05, 0.1) is 0 Å². The Morgan fingerprint density at radius 2 is 2.16 bits per heavy atom. The number of carboxylic acid groups (broad SMARTS) is 1. The molecule has 0 radical (unpaired) electrons. The summed E-state index contributed by atoms with van der Waals surface area (Å²) in [5.41, 5.74) is 0.901. The van der Waals surface area contributed by atoms with Crippen molar-refractivity contribution < 1.29 is 14.7 Å². The lowest BCUT2D eigenvalue weighted by Gasteiger charge is -2.16. The van der Waals surface area contributed by atoms with Crippen LogP contribution in [-0.4, -0.2) is 35.0 Å². The van der Waals surface area contributed by atoms with E-state index in [1.165, 1.54) is 0 Å². The summed E-state index contributed by atoms with van der Waals surface area (Å²) in [6.07, 6.45) is 0.969. The Bertz CT molecular complexity index is 519. The van der Waals surface area contributed by atoms with Gasteiger partial charge in [0.1, 0.15) is 5.92 Å². The summed E-state index contributed by atoms with van der Waals surface area (Å²) in [6, 6.07) is 5.22. The molecule has 0 spiro atoms.